The number of nitrogens with two attached hydrogens (primary N) is 1. The number of halogens is 1. The Bertz CT molecular complexity index is 1440. The SMILES string of the molecule is CCn1cnc(-c2cc3nccc(Oc4ccc(NC(=O)C(C(N)=O)C5CCCCC5)cc4F)c3s2)c1. The van der Waals surface area contributed by atoms with Crippen molar-refractivity contribution >= 4 is 39.1 Å². The molecule has 1 unspecified atom stereocenters. The van der Waals surface area contributed by atoms with Crippen molar-refractivity contribution < 1.29 is 18.7 Å². The maximum atomic E-state index is 15.0. The molecule has 1 fully saturated rings. The first-order chi connectivity index (χ1) is 17.9. The minimum absolute atomic E-state index is 0.00874. The third-order valence-electron chi connectivity index (χ3n) is 6.76. The molecule has 0 bridgehead atoms. The zero-order chi connectivity index (χ0) is 25.9. The lowest BCUT2D eigenvalue weighted by atomic mass is 9.79. The first-order valence-electron chi connectivity index (χ1n) is 12.4. The van der Waals surface area contributed by atoms with Crippen molar-refractivity contribution in [3.05, 3.63) is 54.9 Å². The summed E-state index contributed by atoms with van der Waals surface area (Å²) in [5.41, 5.74) is 7.36. The largest absolute Gasteiger partial charge is 0.453 e. The van der Waals surface area contributed by atoms with Crippen molar-refractivity contribution in [3.63, 3.8) is 0 Å². The number of carbonyl (C=O) groups is 2. The Balaban J connectivity index is 1.33. The molecule has 3 N–H and O–H groups in total. The number of aryl methyl sites for hydroxylation is 1. The van der Waals surface area contributed by atoms with Crippen molar-refractivity contribution in [1.82, 2.24) is 14.5 Å². The number of carbonyl (C=O) groups excluding carboxylic acids is 2. The highest BCUT2D eigenvalue weighted by molar-refractivity contribution is 7.22. The van der Waals surface area contributed by atoms with Gasteiger partial charge in [-0.05, 0) is 43.9 Å². The number of fused-ring (bicyclic) bond motifs is 1. The molecule has 3 aromatic heterocycles. The molecule has 8 nitrogen and oxygen atoms in total. The highest BCUT2D eigenvalue weighted by Gasteiger charge is 2.34. The van der Waals surface area contributed by atoms with Gasteiger partial charge in [0.05, 0.1) is 27.1 Å². The van der Waals surface area contributed by atoms with Crippen LogP contribution in [0.3, 0.4) is 0 Å². The van der Waals surface area contributed by atoms with Crippen LogP contribution in [-0.2, 0) is 16.1 Å². The molecule has 0 spiro atoms. The van der Waals surface area contributed by atoms with Gasteiger partial charge in [0.15, 0.2) is 11.6 Å². The molecule has 1 saturated carbocycles. The number of pyridine rings is 1. The van der Waals surface area contributed by atoms with E-state index in [1.807, 2.05) is 23.8 Å². The fourth-order valence-electron chi connectivity index (χ4n) is 4.82. The summed E-state index contributed by atoms with van der Waals surface area (Å²) in [7, 11) is 0. The van der Waals surface area contributed by atoms with Crippen LogP contribution >= 0.6 is 11.3 Å². The van der Waals surface area contributed by atoms with Crippen LogP contribution in [0.25, 0.3) is 20.8 Å². The van der Waals surface area contributed by atoms with Gasteiger partial charge in [-0.1, -0.05) is 19.3 Å². The molecule has 1 aliphatic carbocycles. The quantitative estimate of drug-likeness (QED) is 0.288. The fraction of sp³-hybridized carbons (Fsp3) is 0.333. The van der Waals surface area contributed by atoms with Crippen LogP contribution in [0.1, 0.15) is 39.0 Å². The molecule has 1 atom stereocenters. The standard InChI is InChI=1S/C27H28FN5O3S/c1-2-33-14-20(31-15-33)23-13-19-25(37-23)22(10-11-30-19)36-21-9-8-17(12-18(21)28)32-27(35)24(26(29)34)16-6-4-3-5-7-16/h8-16,24H,2-7H2,1H3,(H2,29,34)(H,32,35). The molecule has 2 amide bonds. The number of aromatic nitrogens is 3. The van der Waals surface area contributed by atoms with Gasteiger partial charge in [-0.2, -0.15) is 0 Å². The summed E-state index contributed by atoms with van der Waals surface area (Å²) < 4.78 is 23.7. The summed E-state index contributed by atoms with van der Waals surface area (Å²) in [5.74, 6) is -2.33. The van der Waals surface area contributed by atoms with Crippen molar-refractivity contribution in [2.45, 2.75) is 45.6 Å². The number of rotatable bonds is 8. The van der Waals surface area contributed by atoms with Crippen molar-refractivity contribution in [2.75, 3.05) is 5.32 Å². The van der Waals surface area contributed by atoms with Gasteiger partial charge in [0.1, 0.15) is 11.7 Å². The number of nitrogens with one attached hydrogen (secondary N) is 1. The topological polar surface area (TPSA) is 112 Å². The average Bonchev–Trinajstić information content (AvgIpc) is 3.54. The van der Waals surface area contributed by atoms with E-state index in [0.717, 1.165) is 59.4 Å². The Morgan fingerprint density at radius 2 is 2.00 bits per heavy atom. The van der Waals surface area contributed by atoms with E-state index in [1.54, 1.807) is 24.7 Å². The number of imidazole rings is 1. The summed E-state index contributed by atoms with van der Waals surface area (Å²) >= 11 is 1.47. The second kappa shape index (κ2) is 10.7. The summed E-state index contributed by atoms with van der Waals surface area (Å²) in [6, 6.07) is 7.80. The lowest BCUT2D eigenvalue weighted by Crippen LogP contribution is -2.40. The molecule has 192 valence electrons. The van der Waals surface area contributed by atoms with E-state index in [1.165, 1.54) is 23.5 Å². The monoisotopic (exact) mass is 521 g/mol. The van der Waals surface area contributed by atoms with Gasteiger partial charge in [-0.15, -0.1) is 11.3 Å². The lowest BCUT2D eigenvalue weighted by molar-refractivity contribution is -0.133. The Morgan fingerprint density at radius 1 is 1.19 bits per heavy atom. The molecule has 0 saturated heterocycles. The summed E-state index contributed by atoms with van der Waals surface area (Å²) in [6.07, 6.45) is 9.96. The minimum atomic E-state index is -0.930. The predicted octanol–water partition coefficient (Wildman–Crippen LogP) is 5.73. The molecule has 0 aliphatic heterocycles. The van der Waals surface area contributed by atoms with E-state index in [2.05, 4.69) is 15.3 Å². The van der Waals surface area contributed by atoms with E-state index >= 15 is 4.39 Å². The van der Waals surface area contributed by atoms with Crippen LogP contribution in [-0.4, -0.2) is 26.3 Å². The number of primary amides is 1. The Kier molecular flexibility index (Phi) is 7.18. The molecule has 10 heteroatoms. The van der Waals surface area contributed by atoms with Crippen LogP contribution in [0, 0.1) is 17.7 Å². The molecule has 0 radical (unpaired) electrons. The number of ether oxygens (including phenoxy) is 1. The van der Waals surface area contributed by atoms with Gasteiger partial charge in [-0.25, -0.2) is 9.37 Å². The molecule has 1 aliphatic rings. The molecular weight excluding hydrogens is 493 g/mol. The number of anilines is 1. The maximum absolute atomic E-state index is 15.0. The normalized spacial score (nSPS) is 15.0. The predicted molar refractivity (Wildman–Crippen MR) is 141 cm³/mol. The zero-order valence-corrected chi connectivity index (χ0v) is 21.3. The number of amides is 2. The van der Waals surface area contributed by atoms with E-state index in [0.29, 0.717) is 5.75 Å². The molecular formula is C27H28FN5O3S. The maximum Gasteiger partial charge on any atom is 0.237 e. The number of thiophene rings is 1. The van der Waals surface area contributed by atoms with Gasteiger partial charge >= 0.3 is 0 Å². The smallest absolute Gasteiger partial charge is 0.237 e. The van der Waals surface area contributed by atoms with Crippen molar-refractivity contribution in [1.29, 1.82) is 0 Å². The van der Waals surface area contributed by atoms with Gasteiger partial charge in [0.25, 0.3) is 0 Å². The van der Waals surface area contributed by atoms with Crippen LogP contribution < -0.4 is 15.8 Å². The van der Waals surface area contributed by atoms with Crippen LogP contribution in [0.2, 0.25) is 0 Å². The number of hydrogen-bond acceptors (Lipinski definition) is 6. The van der Waals surface area contributed by atoms with Crippen LogP contribution in [0.4, 0.5) is 10.1 Å². The minimum Gasteiger partial charge on any atom is -0.453 e. The highest BCUT2D eigenvalue weighted by atomic mass is 32.1. The Morgan fingerprint density at radius 3 is 2.70 bits per heavy atom. The Labute approximate surface area is 217 Å². The van der Waals surface area contributed by atoms with E-state index in [9.17, 15) is 9.59 Å². The zero-order valence-electron chi connectivity index (χ0n) is 20.4. The second-order valence-electron chi connectivity index (χ2n) is 9.24. The van der Waals surface area contributed by atoms with E-state index in [-0.39, 0.29) is 17.4 Å². The van der Waals surface area contributed by atoms with Gasteiger partial charge in [0, 0.05) is 36.8 Å². The van der Waals surface area contributed by atoms with Crippen molar-refractivity contribution in [3.8, 4) is 22.1 Å². The molecule has 1 aromatic carbocycles. The summed E-state index contributed by atoms with van der Waals surface area (Å²) in [5, 5.41) is 2.66. The van der Waals surface area contributed by atoms with Gasteiger partial charge in [0.2, 0.25) is 11.8 Å². The average molecular weight is 522 g/mol. The fourth-order valence-corrected chi connectivity index (χ4v) is 5.85. The van der Waals surface area contributed by atoms with Gasteiger partial charge < -0.3 is 20.4 Å². The first-order valence-corrected chi connectivity index (χ1v) is 13.2. The first kappa shape index (κ1) is 24.9. The van der Waals surface area contributed by atoms with Gasteiger partial charge in [-0.3, -0.25) is 14.6 Å². The molecule has 4 aromatic rings. The molecule has 3 heterocycles. The Hall–Kier alpha value is -3.79. The number of hydrogen-bond donors (Lipinski definition) is 2. The van der Waals surface area contributed by atoms with Crippen molar-refractivity contribution in [2.24, 2.45) is 17.6 Å². The highest BCUT2D eigenvalue weighted by Crippen LogP contribution is 2.39. The summed E-state index contributed by atoms with van der Waals surface area (Å²) in [6.45, 7) is 2.87. The van der Waals surface area contributed by atoms with Crippen LogP contribution in [0.15, 0.2) is 49.1 Å². The lowest BCUT2D eigenvalue weighted by Gasteiger charge is -2.27. The van der Waals surface area contributed by atoms with Crippen LogP contribution in [0.5, 0.6) is 11.5 Å². The molecule has 37 heavy (non-hydrogen) atoms. The number of nitrogens with zero attached hydrogens (tertiary/aromatic N) is 3. The molecule has 5 rings (SSSR count). The third-order valence-corrected chi connectivity index (χ3v) is 7.92. The second-order valence-corrected chi connectivity index (χ2v) is 10.3. The third kappa shape index (κ3) is 5.34. The number of benzene rings is 1. The van der Waals surface area contributed by atoms with E-state index in [4.69, 9.17) is 10.5 Å². The summed E-state index contributed by atoms with van der Waals surface area (Å²) in [4.78, 5) is 34.7. The van der Waals surface area contributed by atoms with E-state index < -0.39 is 23.5 Å².